The number of nitrogens with two attached hydrogens (primary N) is 1. The number of carbonyl (C=O) groups excluding carboxylic acids is 1. The first kappa shape index (κ1) is 10.0. The first-order valence-electron chi connectivity index (χ1n) is 3.49. The molecule has 0 aliphatic carbocycles. The van der Waals surface area contributed by atoms with Gasteiger partial charge in [0, 0.05) is 0 Å². The van der Waals surface area contributed by atoms with Gasteiger partial charge in [0.2, 0.25) is 0 Å². The fourth-order valence-electron chi connectivity index (χ4n) is 0.606. The Labute approximate surface area is 84.5 Å². The van der Waals surface area contributed by atoms with Gasteiger partial charge in [-0.05, 0) is 18.5 Å². The summed E-state index contributed by atoms with van der Waals surface area (Å²) in [5.74, 6) is -0.254. The molecule has 0 aromatic carbocycles. The number of nitrogens with one attached hydrogen (secondary N) is 1. The summed E-state index contributed by atoms with van der Waals surface area (Å²) in [4.78, 5) is 12.0. The molecule has 1 rings (SSSR count). The van der Waals surface area contributed by atoms with E-state index >= 15 is 0 Å². The van der Waals surface area contributed by atoms with Crippen molar-refractivity contribution in [1.82, 2.24) is 14.9 Å². The predicted molar refractivity (Wildman–Crippen MR) is 53.6 cm³/mol. The Morgan fingerprint density at radius 3 is 3.00 bits per heavy atom. The third-order valence-electron chi connectivity index (χ3n) is 1.36. The van der Waals surface area contributed by atoms with E-state index in [0.29, 0.717) is 4.88 Å². The molecule has 3 N–H and O–H groups in total. The molecule has 1 aromatic rings. The maximum Gasteiger partial charge on any atom is 0.265 e. The van der Waals surface area contributed by atoms with Gasteiger partial charge in [0.05, 0.1) is 17.2 Å². The lowest BCUT2D eigenvalue weighted by molar-refractivity contribution is 0.0953. The lowest BCUT2D eigenvalue weighted by Crippen LogP contribution is -2.40. The van der Waals surface area contributed by atoms with E-state index in [0.717, 1.165) is 11.5 Å². The van der Waals surface area contributed by atoms with E-state index in [-0.39, 0.29) is 16.9 Å². The zero-order chi connectivity index (χ0) is 9.84. The van der Waals surface area contributed by atoms with Crippen molar-refractivity contribution in [1.29, 1.82) is 0 Å². The normalized spacial score (nSPS) is 12.1. The van der Waals surface area contributed by atoms with E-state index in [9.17, 15) is 4.79 Å². The van der Waals surface area contributed by atoms with Gasteiger partial charge in [0.15, 0.2) is 0 Å². The highest BCUT2D eigenvalue weighted by atomic mass is 32.1. The number of thiocarbonyl (C=S) groups is 1. The molecule has 0 saturated carbocycles. The maximum atomic E-state index is 11.3. The van der Waals surface area contributed by atoms with Crippen LogP contribution in [0.5, 0.6) is 0 Å². The summed E-state index contributed by atoms with van der Waals surface area (Å²) in [7, 11) is 0. The molecule has 0 aliphatic rings. The van der Waals surface area contributed by atoms with Gasteiger partial charge in [-0.2, -0.15) is 0 Å². The van der Waals surface area contributed by atoms with Crippen LogP contribution in [0.3, 0.4) is 0 Å². The number of carbonyl (C=O) groups is 1. The van der Waals surface area contributed by atoms with Gasteiger partial charge in [-0.15, -0.1) is 5.10 Å². The number of amides is 1. The molecule has 1 atom stereocenters. The van der Waals surface area contributed by atoms with Gasteiger partial charge in [0.1, 0.15) is 4.88 Å². The van der Waals surface area contributed by atoms with Crippen molar-refractivity contribution in [2.45, 2.75) is 13.0 Å². The molecule has 0 aliphatic heterocycles. The molecule has 5 nitrogen and oxygen atoms in total. The molecule has 1 heterocycles. The standard InChI is InChI=1S/C6H8N4OS2/c1-3(5(7)12)9-6(11)4-2-8-10-13-4/h2-3H,1H3,(H2,7,12)(H,9,11). The van der Waals surface area contributed by atoms with Crippen LogP contribution in [0.1, 0.15) is 16.6 Å². The highest BCUT2D eigenvalue weighted by Crippen LogP contribution is 2.01. The van der Waals surface area contributed by atoms with Crippen LogP contribution < -0.4 is 11.1 Å². The molecule has 0 radical (unpaired) electrons. The lowest BCUT2D eigenvalue weighted by atomic mass is 10.3. The Morgan fingerprint density at radius 2 is 2.54 bits per heavy atom. The van der Waals surface area contributed by atoms with Crippen LogP contribution in [-0.4, -0.2) is 26.5 Å². The molecule has 0 saturated heterocycles. The van der Waals surface area contributed by atoms with Gasteiger partial charge in [-0.3, -0.25) is 4.79 Å². The quantitative estimate of drug-likeness (QED) is 0.692. The maximum absolute atomic E-state index is 11.3. The second kappa shape index (κ2) is 4.24. The highest BCUT2D eigenvalue weighted by Gasteiger charge is 2.12. The average molecular weight is 216 g/mol. The first-order chi connectivity index (χ1) is 6.11. The number of hydrogen-bond donors (Lipinski definition) is 2. The lowest BCUT2D eigenvalue weighted by Gasteiger charge is -2.09. The smallest absolute Gasteiger partial charge is 0.265 e. The zero-order valence-corrected chi connectivity index (χ0v) is 8.48. The number of aromatic nitrogens is 2. The minimum atomic E-state index is -0.315. The molecule has 0 fully saturated rings. The van der Waals surface area contributed by atoms with E-state index in [1.165, 1.54) is 6.20 Å². The van der Waals surface area contributed by atoms with Crippen LogP contribution in [0.25, 0.3) is 0 Å². The SMILES string of the molecule is CC(NC(=O)c1cnns1)C(N)=S. The van der Waals surface area contributed by atoms with Crippen molar-refractivity contribution in [3.8, 4) is 0 Å². The molecule has 0 bridgehead atoms. The van der Waals surface area contributed by atoms with Crippen LogP contribution in [0, 0.1) is 0 Å². The Balaban J connectivity index is 2.56. The third-order valence-corrected chi connectivity index (χ3v) is 2.38. The molecular weight excluding hydrogens is 208 g/mol. The minimum Gasteiger partial charge on any atom is -0.392 e. The van der Waals surface area contributed by atoms with Gasteiger partial charge >= 0.3 is 0 Å². The van der Waals surface area contributed by atoms with Gasteiger partial charge in [-0.25, -0.2) is 0 Å². The summed E-state index contributed by atoms with van der Waals surface area (Å²) < 4.78 is 3.56. The topological polar surface area (TPSA) is 80.9 Å². The summed E-state index contributed by atoms with van der Waals surface area (Å²) in [6.45, 7) is 1.72. The molecular formula is C6H8N4OS2. The van der Waals surface area contributed by atoms with E-state index in [1.54, 1.807) is 6.92 Å². The van der Waals surface area contributed by atoms with Gasteiger partial charge < -0.3 is 11.1 Å². The Kier molecular flexibility index (Phi) is 3.26. The zero-order valence-electron chi connectivity index (χ0n) is 6.85. The van der Waals surface area contributed by atoms with Crippen molar-refractivity contribution in [3.63, 3.8) is 0 Å². The van der Waals surface area contributed by atoms with E-state index in [2.05, 4.69) is 14.9 Å². The minimum absolute atomic E-state index is 0.254. The van der Waals surface area contributed by atoms with Crippen molar-refractivity contribution in [2.75, 3.05) is 0 Å². The molecule has 1 aromatic heterocycles. The fourth-order valence-corrected chi connectivity index (χ4v) is 1.08. The molecule has 0 spiro atoms. The average Bonchev–Trinajstić information content (AvgIpc) is 2.55. The van der Waals surface area contributed by atoms with Crippen LogP contribution in [0.4, 0.5) is 0 Å². The molecule has 1 amide bonds. The molecule has 7 heteroatoms. The largest absolute Gasteiger partial charge is 0.392 e. The summed E-state index contributed by atoms with van der Waals surface area (Å²) in [6, 6.07) is -0.315. The van der Waals surface area contributed by atoms with Crippen molar-refractivity contribution in [2.24, 2.45) is 5.73 Å². The second-order valence-electron chi connectivity index (χ2n) is 2.38. The van der Waals surface area contributed by atoms with Crippen molar-refractivity contribution >= 4 is 34.6 Å². The summed E-state index contributed by atoms with van der Waals surface area (Å²) in [6.07, 6.45) is 1.40. The summed E-state index contributed by atoms with van der Waals surface area (Å²) >= 11 is 5.73. The fraction of sp³-hybridized carbons (Fsp3) is 0.333. The molecule has 70 valence electrons. The number of nitrogens with zero attached hydrogens (tertiary/aromatic N) is 2. The Morgan fingerprint density at radius 1 is 1.85 bits per heavy atom. The molecule has 13 heavy (non-hydrogen) atoms. The second-order valence-corrected chi connectivity index (χ2v) is 3.64. The highest BCUT2D eigenvalue weighted by molar-refractivity contribution is 7.80. The van der Waals surface area contributed by atoms with Crippen LogP contribution in [0.15, 0.2) is 6.20 Å². The predicted octanol–water partition coefficient (Wildman–Crippen LogP) is -0.0575. The van der Waals surface area contributed by atoms with Crippen molar-refractivity contribution < 1.29 is 4.79 Å². The third kappa shape index (κ3) is 2.71. The first-order valence-corrected chi connectivity index (χ1v) is 4.67. The molecule has 1 unspecified atom stereocenters. The van der Waals surface area contributed by atoms with E-state index < -0.39 is 0 Å². The van der Waals surface area contributed by atoms with Crippen molar-refractivity contribution in [3.05, 3.63) is 11.1 Å². The summed E-state index contributed by atoms with van der Waals surface area (Å²) in [5.41, 5.74) is 5.33. The number of rotatable bonds is 3. The Hall–Kier alpha value is -1.08. The van der Waals surface area contributed by atoms with E-state index in [1.807, 2.05) is 0 Å². The summed E-state index contributed by atoms with van der Waals surface area (Å²) in [5, 5.41) is 6.15. The monoisotopic (exact) mass is 216 g/mol. The van der Waals surface area contributed by atoms with Crippen LogP contribution in [-0.2, 0) is 0 Å². The van der Waals surface area contributed by atoms with Gasteiger partial charge in [0.25, 0.3) is 5.91 Å². The number of hydrogen-bond acceptors (Lipinski definition) is 5. The van der Waals surface area contributed by atoms with E-state index in [4.69, 9.17) is 18.0 Å². The van der Waals surface area contributed by atoms with Gasteiger partial charge in [-0.1, -0.05) is 16.7 Å². The van der Waals surface area contributed by atoms with Crippen LogP contribution in [0.2, 0.25) is 0 Å². The Bertz CT molecular complexity index is 310. The van der Waals surface area contributed by atoms with Crippen LogP contribution >= 0.6 is 23.8 Å².